The number of aromatic hydroxyl groups is 1. The number of hydrogen-bond acceptors (Lipinski definition) is 7. The van der Waals surface area contributed by atoms with Crippen LogP contribution >= 0.6 is 0 Å². The van der Waals surface area contributed by atoms with E-state index in [0.717, 1.165) is 48.5 Å². The first-order valence-electron chi connectivity index (χ1n) is 20.3. The van der Waals surface area contributed by atoms with Gasteiger partial charge in [0, 0.05) is 36.3 Å². The highest BCUT2D eigenvalue weighted by Crippen LogP contribution is 2.39. The van der Waals surface area contributed by atoms with Crippen LogP contribution in [0.3, 0.4) is 0 Å². The molecule has 6 atom stereocenters. The predicted molar refractivity (Wildman–Crippen MR) is 217 cm³/mol. The molecule has 0 aromatic heterocycles. The van der Waals surface area contributed by atoms with Gasteiger partial charge < -0.3 is 34.4 Å². The van der Waals surface area contributed by atoms with Crippen LogP contribution in [0.5, 0.6) is 17.2 Å². The number of phenols is 1. The van der Waals surface area contributed by atoms with Gasteiger partial charge in [0.05, 0.1) is 6.10 Å². The second-order valence-corrected chi connectivity index (χ2v) is 14.1. The molecule has 3 aliphatic carbocycles. The molecule has 52 heavy (non-hydrogen) atoms. The topological polar surface area (TPSA) is 68.6 Å². The summed E-state index contributed by atoms with van der Waals surface area (Å²) in [6.45, 7) is 12.0. The molecule has 6 aliphatic heterocycles. The molecule has 6 bridgehead atoms. The van der Waals surface area contributed by atoms with Gasteiger partial charge in [0.15, 0.2) is 0 Å². The molecule has 0 amide bonds. The van der Waals surface area contributed by atoms with Gasteiger partial charge >= 0.3 is 0 Å². The summed E-state index contributed by atoms with van der Waals surface area (Å²) >= 11 is 0. The van der Waals surface area contributed by atoms with Gasteiger partial charge in [0.2, 0.25) is 0 Å². The number of ether oxygens (including phenoxy) is 2. The van der Waals surface area contributed by atoms with Crippen LogP contribution in [0.15, 0.2) is 91.0 Å². The fourth-order valence-corrected chi connectivity index (χ4v) is 8.13. The lowest BCUT2D eigenvalue weighted by atomic mass is 9.78. The fourth-order valence-electron chi connectivity index (χ4n) is 8.13. The number of nitrogens with zero attached hydrogens (tertiary/aromatic N) is 3. The number of piperidine rings is 3. The van der Waals surface area contributed by atoms with E-state index in [1.54, 1.807) is 24.3 Å². The Labute approximate surface area is 316 Å². The van der Waals surface area contributed by atoms with E-state index in [0.29, 0.717) is 30.0 Å². The van der Waals surface area contributed by atoms with Crippen molar-refractivity contribution in [1.29, 1.82) is 0 Å². The van der Waals surface area contributed by atoms with Crippen molar-refractivity contribution >= 4 is 0 Å². The summed E-state index contributed by atoms with van der Waals surface area (Å²) in [7, 11) is 6.62. The maximum absolute atomic E-state index is 9.20. The Bertz CT molecular complexity index is 1230. The van der Waals surface area contributed by atoms with Crippen LogP contribution in [-0.2, 0) is 0 Å². The normalized spacial score (nSPS) is 30.2. The smallest absolute Gasteiger partial charge is 0.119 e. The standard InChI is InChI=1S/2C13H17NO.C7H13NO.C6H6O.3C2H6/c2*1-14-10-7-11(14)9-13(8-10)15-12-5-3-2-4-6-12;1-8-5-2-6(8)4-7(9)3-5;7-6-4-2-1-3-5-6;3*1-2/h2*2-6,10-11,13H,7-9H2,1H3;5-7,9H,2-4H2,1H3;1-5,7H;3*1-2H3. The molecule has 7 heteroatoms. The quantitative estimate of drug-likeness (QED) is 0.279. The van der Waals surface area contributed by atoms with Crippen molar-refractivity contribution < 1.29 is 19.7 Å². The monoisotopic (exact) mass is 718 g/mol. The zero-order valence-electron chi connectivity index (χ0n) is 33.8. The summed E-state index contributed by atoms with van der Waals surface area (Å²) < 4.78 is 12.0. The van der Waals surface area contributed by atoms with Crippen molar-refractivity contribution in [2.45, 2.75) is 154 Å². The van der Waals surface area contributed by atoms with E-state index in [9.17, 15) is 5.11 Å². The Balaban J connectivity index is 0.000000185. The molecule has 3 aromatic carbocycles. The molecule has 9 fully saturated rings. The average molecular weight is 718 g/mol. The lowest BCUT2D eigenvalue weighted by molar-refractivity contribution is -0.0644. The van der Waals surface area contributed by atoms with Gasteiger partial charge in [-0.3, -0.25) is 0 Å². The van der Waals surface area contributed by atoms with E-state index in [4.69, 9.17) is 14.6 Å². The number of aliphatic hydroxyl groups excluding tert-OH is 1. The molecule has 9 aliphatic rings. The molecule has 6 saturated heterocycles. The molecule has 12 rings (SSSR count). The highest BCUT2D eigenvalue weighted by molar-refractivity contribution is 5.23. The molecular weight excluding hydrogens is 647 g/mol. The van der Waals surface area contributed by atoms with E-state index in [-0.39, 0.29) is 6.10 Å². The van der Waals surface area contributed by atoms with Crippen molar-refractivity contribution in [3.63, 3.8) is 0 Å². The number of benzene rings is 3. The minimum absolute atomic E-state index is 0.00458. The van der Waals surface area contributed by atoms with Crippen molar-refractivity contribution in [3.05, 3.63) is 91.0 Å². The van der Waals surface area contributed by atoms with Crippen LogP contribution in [0.25, 0.3) is 0 Å². The van der Waals surface area contributed by atoms with Crippen LogP contribution in [0, 0.1) is 0 Å². The van der Waals surface area contributed by atoms with E-state index in [1.165, 1.54) is 44.9 Å². The third kappa shape index (κ3) is 12.5. The van der Waals surface area contributed by atoms with Gasteiger partial charge in [-0.1, -0.05) is 96.1 Å². The van der Waals surface area contributed by atoms with Crippen molar-refractivity contribution in [3.8, 4) is 17.2 Å². The Morgan fingerprint density at radius 2 is 0.692 bits per heavy atom. The van der Waals surface area contributed by atoms with Gasteiger partial charge in [-0.2, -0.15) is 0 Å². The van der Waals surface area contributed by atoms with Crippen LogP contribution < -0.4 is 9.47 Å². The highest BCUT2D eigenvalue weighted by Gasteiger charge is 2.45. The van der Waals surface area contributed by atoms with Crippen molar-refractivity contribution in [1.82, 2.24) is 14.7 Å². The highest BCUT2D eigenvalue weighted by atomic mass is 16.5. The van der Waals surface area contributed by atoms with Crippen LogP contribution in [0.2, 0.25) is 0 Å². The summed E-state index contributed by atoms with van der Waals surface area (Å²) in [5.41, 5.74) is 0. The Morgan fingerprint density at radius 3 is 0.923 bits per heavy atom. The van der Waals surface area contributed by atoms with Crippen LogP contribution in [0.4, 0.5) is 0 Å². The summed E-state index contributed by atoms with van der Waals surface area (Å²) in [6.07, 6.45) is 11.8. The second-order valence-electron chi connectivity index (χ2n) is 14.1. The molecular formula is C45H71N3O4. The average Bonchev–Trinajstić information content (AvgIpc) is 3.21. The third-order valence-electron chi connectivity index (χ3n) is 11.2. The number of rotatable bonds is 4. The Morgan fingerprint density at radius 1 is 0.423 bits per heavy atom. The SMILES string of the molecule is CC.CC.CC.CN1C2CC(O)CC1C2.CN1C2CC(Oc3ccccc3)CC1C2.CN1C2CC(Oc3ccccc3)CC1C2.Oc1ccccc1. The molecule has 290 valence electrons. The van der Waals surface area contributed by atoms with E-state index in [1.807, 2.05) is 108 Å². The summed E-state index contributed by atoms with van der Waals surface area (Å²) in [5, 5.41) is 17.8. The molecule has 7 nitrogen and oxygen atoms in total. The zero-order valence-corrected chi connectivity index (χ0v) is 33.8. The summed E-state index contributed by atoms with van der Waals surface area (Å²) in [4.78, 5) is 7.36. The molecule has 0 spiro atoms. The van der Waals surface area contributed by atoms with Gasteiger partial charge in [0.25, 0.3) is 0 Å². The lowest BCUT2D eigenvalue weighted by Gasteiger charge is -2.53. The first-order chi connectivity index (χ1) is 25.3. The number of fused-ring (bicyclic) bond motifs is 6. The lowest BCUT2D eigenvalue weighted by Crippen LogP contribution is -2.60. The summed E-state index contributed by atoms with van der Waals surface area (Å²) in [6, 6.07) is 33.6. The molecule has 2 N–H and O–H groups in total. The zero-order chi connectivity index (χ0) is 38.0. The molecule has 0 radical (unpaired) electrons. The van der Waals surface area contributed by atoms with Gasteiger partial charge in [-0.15, -0.1) is 0 Å². The van der Waals surface area contributed by atoms with Gasteiger partial charge in [0.1, 0.15) is 29.5 Å². The predicted octanol–water partition coefficient (Wildman–Crippen LogP) is 9.29. The minimum Gasteiger partial charge on any atom is -0.508 e. The number of phenolic OH excluding ortho intramolecular Hbond substituents is 1. The molecule has 3 saturated carbocycles. The van der Waals surface area contributed by atoms with Crippen LogP contribution in [-0.4, -0.2) is 101 Å². The first kappa shape index (κ1) is 43.3. The largest absolute Gasteiger partial charge is 0.508 e. The third-order valence-corrected chi connectivity index (χ3v) is 11.2. The van der Waals surface area contributed by atoms with E-state index in [2.05, 4.69) is 35.8 Å². The van der Waals surface area contributed by atoms with Gasteiger partial charge in [-0.05, 0) is 115 Å². The fraction of sp³-hybridized carbons (Fsp3) is 0.600. The maximum Gasteiger partial charge on any atom is 0.119 e. The van der Waals surface area contributed by atoms with Crippen molar-refractivity contribution in [2.75, 3.05) is 21.1 Å². The maximum atomic E-state index is 9.20. The summed E-state index contributed by atoms with van der Waals surface area (Å²) in [5.74, 6) is 2.36. The molecule has 3 aromatic rings. The number of para-hydroxylation sites is 3. The molecule has 6 heterocycles. The molecule has 6 unspecified atom stereocenters. The Hall–Kier alpha value is -3.10. The van der Waals surface area contributed by atoms with Gasteiger partial charge in [-0.25, -0.2) is 0 Å². The minimum atomic E-state index is 0.00458. The first-order valence-corrected chi connectivity index (χ1v) is 20.3. The van der Waals surface area contributed by atoms with E-state index < -0.39 is 0 Å². The van der Waals surface area contributed by atoms with E-state index >= 15 is 0 Å². The van der Waals surface area contributed by atoms with Crippen LogP contribution in [0.1, 0.15) is 99.3 Å². The second kappa shape index (κ2) is 22.9. The number of hydrogen-bond donors (Lipinski definition) is 2. The Kier molecular flexibility index (Phi) is 19.0. The van der Waals surface area contributed by atoms with Crippen molar-refractivity contribution in [2.24, 2.45) is 0 Å². The number of aliphatic hydroxyl groups is 1.